The lowest BCUT2D eigenvalue weighted by atomic mass is 9.97. The molecule has 1 aliphatic rings. The second-order valence-electron chi connectivity index (χ2n) is 4.59. The molecule has 0 aliphatic carbocycles. The van der Waals surface area contributed by atoms with Crippen LogP contribution >= 0.6 is 11.3 Å². The van der Waals surface area contributed by atoms with E-state index in [2.05, 4.69) is 22.1 Å². The van der Waals surface area contributed by atoms with Gasteiger partial charge in [-0.15, -0.1) is 0 Å². The first-order chi connectivity index (χ1) is 8.69. The van der Waals surface area contributed by atoms with Crippen molar-refractivity contribution in [2.75, 3.05) is 31.5 Å². The molecule has 0 radical (unpaired) electrons. The van der Waals surface area contributed by atoms with Gasteiger partial charge in [-0.1, -0.05) is 18.3 Å². The fourth-order valence-electron chi connectivity index (χ4n) is 2.19. The monoisotopic (exact) mass is 269 g/mol. The minimum Gasteiger partial charge on any atom is -0.477 e. The number of carboxylic acid groups (broad SMARTS) is 1. The first-order valence-corrected chi connectivity index (χ1v) is 7.16. The highest BCUT2D eigenvalue weighted by atomic mass is 32.1. The van der Waals surface area contributed by atoms with Crippen LogP contribution in [0.25, 0.3) is 0 Å². The molecule has 2 rings (SSSR count). The maximum atomic E-state index is 10.7. The van der Waals surface area contributed by atoms with Gasteiger partial charge in [-0.25, -0.2) is 9.78 Å². The lowest BCUT2D eigenvalue weighted by molar-refractivity contribution is 0.0702. The van der Waals surface area contributed by atoms with Gasteiger partial charge < -0.3 is 15.3 Å². The number of hydrogen-bond donors (Lipinski definition) is 2. The number of aromatic nitrogens is 1. The highest BCUT2D eigenvalue weighted by molar-refractivity contribution is 7.17. The Kier molecular flexibility index (Phi) is 4.54. The number of rotatable bonds is 5. The third-order valence-electron chi connectivity index (χ3n) is 3.41. The predicted octanol–water partition coefficient (Wildman–Crippen LogP) is 1.99. The lowest BCUT2D eigenvalue weighted by Crippen LogP contribution is -2.35. The predicted molar refractivity (Wildman–Crippen MR) is 72.4 cm³/mol. The summed E-state index contributed by atoms with van der Waals surface area (Å²) in [6.07, 6.45) is 3.82. The van der Waals surface area contributed by atoms with Crippen LogP contribution in [0.15, 0.2) is 6.20 Å². The summed E-state index contributed by atoms with van der Waals surface area (Å²) in [5.74, 6) is -0.234. The van der Waals surface area contributed by atoms with Crippen LogP contribution in [-0.4, -0.2) is 47.1 Å². The maximum absolute atomic E-state index is 10.7. The summed E-state index contributed by atoms with van der Waals surface area (Å²) in [6, 6.07) is 0. The number of thiazole rings is 1. The van der Waals surface area contributed by atoms with Gasteiger partial charge in [0.25, 0.3) is 0 Å². The molecule has 18 heavy (non-hydrogen) atoms. The van der Waals surface area contributed by atoms with Crippen LogP contribution in [0.5, 0.6) is 0 Å². The summed E-state index contributed by atoms with van der Waals surface area (Å²) in [7, 11) is 0. The molecule has 0 bridgehead atoms. The van der Waals surface area contributed by atoms with Crippen LogP contribution in [0.1, 0.15) is 29.4 Å². The van der Waals surface area contributed by atoms with Gasteiger partial charge in [0.15, 0.2) is 5.13 Å². The highest BCUT2D eigenvalue weighted by Crippen LogP contribution is 2.21. The Morgan fingerprint density at radius 3 is 2.89 bits per heavy atom. The second-order valence-corrected chi connectivity index (χ2v) is 5.62. The molecule has 0 spiro atoms. The molecule has 0 unspecified atom stereocenters. The molecular formula is C12H19N3O2S. The van der Waals surface area contributed by atoms with Crippen molar-refractivity contribution in [1.29, 1.82) is 0 Å². The SMILES string of the molecule is CCN1CCC(CNc2ncc(C(=O)O)s2)CC1. The van der Waals surface area contributed by atoms with E-state index in [9.17, 15) is 4.79 Å². The van der Waals surface area contributed by atoms with E-state index in [1.54, 1.807) is 0 Å². The van der Waals surface area contributed by atoms with Crippen LogP contribution in [-0.2, 0) is 0 Å². The number of anilines is 1. The van der Waals surface area contributed by atoms with E-state index < -0.39 is 5.97 Å². The number of aromatic carboxylic acids is 1. The number of nitrogens with zero attached hydrogens (tertiary/aromatic N) is 2. The fourth-order valence-corrected chi connectivity index (χ4v) is 2.86. The molecule has 1 aliphatic heterocycles. The van der Waals surface area contributed by atoms with Gasteiger partial charge in [0.05, 0.1) is 6.20 Å². The second kappa shape index (κ2) is 6.15. The van der Waals surface area contributed by atoms with Crippen molar-refractivity contribution in [3.8, 4) is 0 Å². The van der Waals surface area contributed by atoms with Gasteiger partial charge in [0.2, 0.25) is 0 Å². The van der Waals surface area contributed by atoms with Crippen molar-refractivity contribution in [2.45, 2.75) is 19.8 Å². The number of hydrogen-bond acceptors (Lipinski definition) is 5. The molecule has 6 heteroatoms. The minimum atomic E-state index is -0.906. The molecule has 0 atom stereocenters. The standard InChI is InChI=1S/C12H19N3O2S/c1-2-15-5-3-9(4-6-15)7-13-12-14-8-10(18-12)11(16)17/h8-9H,2-7H2,1H3,(H,13,14)(H,16,17). The van der Waals surface area contributed by atoms with E-state index in [1.165, 1.54) is 43.5 Å². The third kappa shape index (κ3) is 3.43. The zero-order chi connectivity index (χ0) is 13.0. The average molecular weight is 269 g/mol. The topological polar surface area (TPSA) is 65.5 Å². The number of likely N-dealkylation sites (tertiary alicyclic amines) is 1. The number of carboxylic acids is 1. The summed E-state index contributed by atoms with van der Waals surface area (Å²) >= 11 is 1.20. The van der Waals surface area contributed by atoms with Crippen molar-refractivity contribution >= 4 is 22.4 Å². The van der Waals surface area contributed by atoms with Crippen molar-refractivity contribution in [1.82, 2.24) is 9.88 Å². The van der Waals surface area contributed by atoms with E-state index in [1.807, 2.05) is 0 Å². The number of nitrogens with one attached hydrogen (secondary N) is 1. The Bertz CT molecular complexity index is 400. The van der Waals surface area contributed by atoms with E-state index in [4.69, 9.17) is 5.11 Å². The fraction of sp³-hybridized carbons (Fsp3) is 0.667. The molecule has 2 N–H and O–H groups in total. The Morgan fingerprint density at radius 1 is 1.61 bits per heavy atom. The molecule has 1 fully saturated rings. The number of piperidine rings is 1. The molecule has 5 nitrogen and oxygen atoms in total. The third-order valence-corrected chi connectivity index (χ3v) is 4.36. The maximum Gasteiger partial charge on any atom is 0.347 e. The van der Waals surface area contributed by atoms with Crippen LogP contribution in [0.4, 0.5) is 5.13 Å². The normalized spacial score (nSPS) is 17.8. The van der Waals surface area contributed by atoms with Gasteiger partial charge in [-0.3, -0.25) is 0 Å². The minimum absolute atomic E-state index is 0.290. The summed E-state index contributed by atoms with van der Waals surface area (Å²) in [6.45, 7) is 6.56. The quantitative estimate of drug-likeness (QED) is 0.855. The van der Waals surface area contributed by atoms with Crippen LogP contribution in [0, 0.1) is 5.92 Å². The van der Waals surface area contributed by atoms with Gasteiger partial charge >= 0.3 is 5.97 Å². The van der Waals surface area contributed by atoms with Gasteiger partial charge in [0.1, 0.15) is 4.88 Å². The lowest BCUT2D eigenvalue weighted by Gasteiger charge is -2.30. The van der Waals surface area contributed by atoms with E-state index >= 15 is 0 Å². The molecular weight excluding hydrogens is 250 g/mol. The Balaban J connectivity index is 1.76. The molecule has 0 amide bonds. The van der Waals surface area contributed by atoms with E-state index in [0.29, 0.717) is 15.9 Å². The molecule has 1 saturated heterocycles. The zero-order valence-corrected chi connectivity index (χ0v) is 11.4. The van der Waals surface area contributed by atoms with Crippen molar-refractivity contribution in [3.63, 3.8) is 0 Å². The molecule has 2 heterocycles. The smallest absolute Gasteiger partial charge is 0.347 e. The summed E-state index contributed by atoms with van der Waals surface area (Å²) in [4.78, 5) is 17.5. The average Bonchev–Trinajstić information content (AvgIpc) is 2.86. The van der Waals surface area contributed by atoms with Crippen molar-refractivity contribution in [3.05, 3.63) is 11.1 Å². The van der Waals surface area contributed by atoms with E-state index in [-0.39, 0.29) is 0 Å². The number of carbonyl (C=O) groups is 1. The molecule has 0 aromatic carbocycles. The largest absolute Gasteiger partial charge is 0.477 e. The van der Waals surface area contributed by atoms with Gasteiger partial charge in [0, 0.05) is 6.54 Å². The van der Waals surface area contributed by atoms with Crippen LogP contribution in [0.2, 0.25) is 0 Å². The molecule has 1 aromatic heterocycles. The van der Waals surface area contributed by atoms with Gasteiger partial charge in [-0.2, -0.15) is 0 Å². The summed E-state index contributed by atoms with van der Waals surface area (Å²) in [5.41, 5.74) is 0. The molecule has 0 saturated carbocycles. The van der Waals surface area contributed by atoms with Crippen molar-refractivity contribution in [2.24, 2.45) is 5.92 Å². The first kappa shape index (κ1) is 13.3. The van der Waals surface area contributed by atoms with Crippen LogP contribution < -0.4 is 5.32 Å². The van der Waals surface area contributed by atoms with Crippen LogP contribution in [0.3, 0.4) is 0 Å². The Labute approximate surface area is 111 Å². The highest BCUT2D eigenvalue weighted by Gasteiger charge is 2.18. The molecule has 100 valence electrons. The van der Waals surface area contributed by atoms with Gasteiger partial charge in [-0.05, 0) is 38.4 Å². The Morgan fingerprint density at radius 2 is 2.33 bits per heavy atom. The zero-order valence-electron chi connectivity index (χ0n) is 10.6. The van der Waals surface area contributed by atoms with E-state index in [0.717, 1.165) is 13.1 Å². The van der Waals surface area contributed by atoms with Crippen molar-refractivity contribution < 1.29 is 9.90 Å². The first-order valence-electron chi connectivity index (χ1n) is 6.34. The summed E-state index contributed by atoms with van der Waals surface area (Å²) < 4.78 is 0. The molecule has 1 aromatic rings. The Hall–Kier alpha value is -1.14. The summed E-state index contributed by atoms with van der Waals surface area (Å²) in [5, 5.41) is 12.8.